The Bertz CT molecular complexity index is 224. The number of aromatic nitrogens is 1. The van der Waals surface area contributed by atoms with E-state index < -0.39 is 0 Å². The maximum absolute atomic E-state index is 4.90. The molecule has 0 saturated heterocycles. The summed E-state index contributed by atoms with van der Waals surface area (Å²) in [6.07, 6.45) is 1.63. The summed E-state index contributed by atoms with van der Waals surface area (Å²) in [6, 6.07) is 5.32. The van der Waals surface area contributed by atoms with Gasteiger partial charge in [0.1, 0.15) is 0 Å². The summed E-state index contributed by atoms with van der Waals surface area (Å²) in [5.41, 5.74) is 0. The molecule has 10 heavy (non-hydrogen) atoms. The van der Waals surface area contributed by atoms with Gasteiger partial charge in [-0.05, 0) is 18.3 Å². The zero-order chi connectivity index (χ0) is 7.40. The minimum atomic E-state index is 0.179. The van der Waals surface area contributed by atoms with E-state index in [2.05, 4.69) is 29.8 Å². The number of thiol groups is 1. The van der Waals surface area contributed by atoms with Gasteiger partial charge in [0.2, 0.25) is 10.3 Å². The number of ether oxygens (including phenoxy) is 1. The van der Waals surface area contributed by atoms with E-state index in [1.807, 2.05) is 6.07 Å². The largest absolute Gasteiger partial charge is 0.422 e. The molecule has 0 aliphatic carbocycles. The minimum absolute atomic E-state index is 0.179. The van der Waals surface area contributed by atoms with Crippen LogP contribution in [0.4, 0.5) is 0 Å². The molecular weight excluding hydrogens is 166 g/mol. The molecule has 0 amide bonds. The van der Waals surface area contributed by atoms with Crippen LogP contribution in [0.2, 0.25) is 0 Å². The quantitative estimate of drug-likeness (QED) is 0.513. The maximum atomic E-state index is 4.90. The Morgan fingerprint density at radius 1 is 1.60 bits per heavy atom. The van der Waals surface area contributed by atoms with Crippen LogP contribution in [-0.2, 0) is 0 Å². The smallest absolute Gasteiger partial charge is 0.224 e. The summed E-state index contributed by atoms with van der Waals surface area (Å²) in [6.45, 7) is 0. The van der Waals surface area contributed by atoms with E-state index in [1.165, 1.54) is 0 Å². The molecule has 2 nitrogen and oxygen atoms in total. The van der Waals surface area contributed by atoms with Gasteiger partial charge >= 0.3 is 0 Å². The van der Waals surface area contributed by atoms with Crippen molar-refractivity contribution >= 4 is 29.2 Å². The average Bonchev–Trinajstić information content (AvgIpc) is 1.88. The molecule has 0 fully saturated rings. The number of nitrogens with zero attached hydrogens (tertiary/aromatic N) is 1. The third kappa shape index (κ3) is 2.33. The molecule has 0 bridgehead atoms. The SMILES string of the molecule is S=C(S)Oc1ccccn1. The lowest BCUT2D eigenvalue weighted by Gasteiger charge is -1.97. The van der Waals surface area contributed by atoms with Gasteiger partial charge in [-0.3, -0.25) is 0 Å². The molecule has 0 radical (unpaired) electrons. The van der Waals surface area contributed by atoms with Crippen LogP contribution in [0, 0.1) is 0 Å². The minimum Gasteiger partial charge on any atom is -0.422 e. The number of thiocarbonyl (C=S) groups is 1. The summed E-state index contributed by atoms with van der Waals surface area (Å²) in [5.74, 6) is 0.475. The second kappa shape index (κ2) is 3.53. The lowest BCUT2D eigenvalue weighted by molar-refractivity contribution is 0.554. The lowest BCUT2D eigenvalue weighted by Crippen LogP contribution is -1.96. The van der Waals surface area contributed by atoms with Gasteiger partial charge in [-0.2, -0.15) is 0 Å². The second-order valence-electron chi connectivity index (χ2n) is 1.54. The van der Waals surface area contributed by atoms with Crippen LogP contribution in [0.5, 0.6) is 5.88 Å². The first-order valence-corrected chi connectivity index (χ1v) is 3.46. The van der Waals surface area contributed by atoms with Gasteiger partial charge in [-0.15, -0.1) is 0 Å². The van der Waals surface area contributed by atoms with E-state index in [9.17, 15) is 0 Å². The predicted molar refractivity (Wildman–Crippen MR) is 46.4 cm³/mol. The molecule has 0 atom stereocenters. The first kappa shape index (κ1) is 7.50. The predicted octanol–water partition coefficient (Wildman–Crippen LogP) is 1.68. The third-order valence-corrected chi connectivity index (χ3v) is 1.00. The topological polar surface area (TPSA) is 22.1 Å². The summed E-state index contributed by atoms with van der Waals surface area (Å²) in [4.78, 5) is 3.86. The van der Waals surface area contributed by atoms with Crippen LogP contribution in [0.25, 0.3) is 0 Å². The van der Waals surface area contributed by atoms with Gasteiger partial charge in [0, 0.05) is 12.3 Å². The monoisotopic (exact) mass is 171 g/mol. The van der Waals surface area contributed by atoms with Gasteiger partial charge in [0.15, 0.2) is 0 Å². The van der Waals surface area contributed by atoms with Crippen LogP contribution in [0.1, 0.15) is 0 Å². The Labute approximate surface area is 69.6 Å². The van der Waals surface area contributed by atoms with Crippen molar-refractivity contribution in [3.8, 4) is 5.88 Å². The van der Waals surface area contributed by atoms with Crippen molar-refractivity contribution in [1.82, 2.24) is 4.98 Å². The standard InChI is InChI=1S/C6H5NOS2/c9-6(10)8-5-3-1-2-4-7-5/h1-4H,(H,9,10). The fourth-order valence-corrected chi connectivity index (χ4v) is 0.676. The van der Waals surface area contributed by atoms with Gasteiger partial charge in [0.25, 0.3) is 0 Å². The molecule has 0 aliphatic rings. The van der Waals surface area contributed by atoms with Crippen LogP contribution in [0.15, 0.2) is 24.4 Å². The van der Waals surface area contributed by atoms with Crippen molar-refractivity contribution in [3.63, 3.8) is 0 Å². The molecule has 0 saturated carbocycles. The van der Waals surface area contributed by atoms with E-state index in [4.69, 9.17) is 4.74 Å². The van der Waals surface area contributed by atoms with Crippen LogP contribution < -0.4 is 4.74 Å². The molecule has 1 aromatic rings. The molecule has 0 spiro atoms. The first-order valence-electron chi connectivity index (χ1n) is 2.61. The van der Waals surface area contributed by atoms with Crippen LogP contribution in [0.3, 0.4) is 0 Å². The molecule has 1 rings (SSSR count). The van der Waals surface area contributed by atoms with E-state index in [0.29, 0.717) is 5.88 Å². The highest BCUT2D eigenvalue weighted by molar-refractivity contribution is 8.10. The van der Waals surface area contributed by atoms with E-state index in [0.717, 1.165) is 0 Å². The molecule has 0 aromatic carbocycles. The average molecular weight is 171 g/mol. The van der Waals surface area contributed by atoms with E-state index in [-0.39, 0.29) is 4.38 Å². The highest BCUT2D eigenvalue weighted by atomic mass is 32.1. The van der Waals surface area contributed by atoms with Crippen LogP contribution in [-0.4, -0.2) is 9.37 Å². The Balaban J connectivity index is 2.67. The highest BCUT2D eigenvalue weighted by Gasteiger charge is 1.92. The highest BCUT2D eigenvalue weighted by Crippen LogP contribution is 2.04. The molecule has 1 heterocycles. The molecule has 0 unspecified atom stereocenters. The summed E-state index contributed by atoms with van der Waals surface area (Å²) in [5, 5.41) is 0. The Kier molecular flexibility index (Phi) is 2.65. The zero-order valence-corrected chi connectivity index (χ0v) is 6.73. The van der Waals surface area contributed by atoms with Crippen molar-refractivity contribution < 1.29 is 4.74 Å². The number of rotatable bonds is 1. The van der Waals surface area contributed by atoms with Gasteiger partial charge in [0.05, 0.1) is 0 Å². The number of hydrogen-bond acceptors (Lipinski definition) is 3. The fraction of sp³-hybridized carbons (Fsp3) is 0. The molecule has 0 N–H and O–H groups in total. The summed E-state index contributed by atoms with van der Waals surface area (Å²) >= 11 is 8.36. The van der Waals surface area contributed by atoms with Gasteiger partial charge in [-0.25, -0.2) is 4.98 Å². The lowest BCUT2D eigenvalue weighted by atomic mass is 10.5. The Hall–Kier alpha value is -0.610. The van der Waals surface area contributed by atoms with Gasteiger partial charge in [-0.1, -0.05) is 18.7 Å². The molecule has 0 aliphatic heterocycles. The number of hydrogen-bond donors (Lipinski definition) is 1. The summed E-state index contributed by atoms with van der Waals surface area (Å²) < 4.78 is 5.08. The van der Waals surface area contributed by atoms with E-state index in [1.54, 1.807) is 18.3 Å². The Morgan fingerprint density at radius 3 is 2.90 bits per heavy atom. The zero-order valence-electron chi connectivity index (χ0n) is 5.02. The molecule has 1 aromatic heterocycles. The first-order chi connectivity index (χ1) is 4.79. The molecule has 4 heteroatoms. The van der Waals surface area contributed by atoms with Crippen molar-refractivity contribution in [3.05, 3.63) is 24.4 Å². The van der Waals surface area contributed by atoms with Crippen molar-refractivity contribution in [2.24, 2.45) is 0 Å². The van der Waals surface area contributed by atoms with Crippen molar-refractivity contribution in [1.29, 1.82) is 0 Å². The van der Waals surface area contributed by atoms with Crippen LogP contribution >= 0.6 is 24.8 Å². The maximum Gasteiger partial charge on any atom is 0.224 e. The summed E-state index contributed by atoms with van der Waals surface area (Å²) in [7, 11) is 0. The second-order valence-corrected chi connectivity index (χ2v) is 2.62. The fourth-order valence-electron chi connectivity index (χ4n) is 0.497. The normalized spacial score (nSPS) is 8.90. The number of pyridine rings is 1. The van der Waals surface area contributed by atoms with Crippen molar-refractivity contribution in [2.75, 3.05) is 0 Å². The van der Waals surface area contributed by atoms with Crippen molar-refractivity contribution in [2.45, 2.75) is 0 Å². The third-order valence-electron chi connectivity index (χ3n) is 0.830. The molecular formula is C6H5NOS2. The Morgan fingerprint density at radius 2 is 2.40 bits per heavy atom. The van der Waals surface area contributed by atoms with Gasteiger partial charge < -0.3 is 4.74 Å². The molecule has 52 valence electrons. The van der Waals surface area contributed by atoms with E-state index >= 15 is 0 Å².